The molecule has 2 heteroatoms. The van der Waals surface area contributed by atoms with Crippen LogP contribution in [0.15, 0.2) is 54.9 Å². The van der Waals surface area contributed by atoms with E-state index >= 15 is 0 Å². The molecule has 0 aliphatic heterocycles. The minimum atomic E-state index is 0.796. The highest BCUT2D eigenvalue weighted by Gasteiger charge is 2.00. The van der Waals surface area contributed by atoms with Crippen LogP contribution in [0.5, 0.6) is 0 Å². The molecule has 77 valence electrons. The molecule has 3 rings (SSSR count). The molecule has 0 atom stereocenters. The van der Waals surface area contributed by atoms with Gasteiger partial charge in [0.2, 0.25) is 0 Å². The summed E-state index contributed by atoms with van der Waals surface area (Å²) in [5.74, 6) is 0. The monoisotopic (exact) mass is 207 g/mol. The van der Waals surface area contributed by atoms with Gasteiger partial charge in [-0.05, 0) is 16.3 Å². The van der Waals surface area contributed by atoms with Crippen molar-refractivity contribution in [2.45, 2.75) is 6.54 Å². The van der Waals surface area contributed by atoms with Crippen LogP contribution < -0.4 is 0 Å². The van der Waals surface area contributed by atoms with Gasteiger partial charge in [0.15, 0.2) is 0 Å². The Kier molecular flexibility index (Phi) is 2.18. The van der Waals surface area contributed by atoms with Crippen LogP contribution in [0.2, 0.25) is 0 Å². The Bertz CT molecular complexity index is 592. The van der Waals surface area contributed by atoms with Crippen molar-refractivity contribution in [3.63, 3.8) is 0 Å². The number of hydrogen-bond acceptors (Lipinski definition) is 1. The highest BCUT2D eigenvalue weighted by atomic mass is 15.3. The first-order chi connectivity index (χ1) is 7.93. The first-order valence-electron chi connectivity index (χ1n) is 5.28. The summed E-state index contributed by atoms with van der Waals surface area (Å²) in [6.07, 6.45) is 3.55. The summed E-state index contributed by atoms with van der Waals surface area (Å²) in [6.45, 7) is 0.796. The van der Waals surface area contributed by atoms with E-state index < -0.39 is 0 Å². The maximum atomic E-state index is 4.18. The van der Waals surface area contributed by atoms with Crippen LogP contribution in [0.25, 0.3) is 10.8 Å². The number of aromatic nitrogens is 2. The van der Waals surface area contributed by atoms with E-state index in [0.29, 0.717) is 0 Å². The van der Waals surface area contributed by atoms with Crippen LogP contribution in [0.4, 0.5) is 0 Å². The van der Waals surface area contributed by atoms with E-state index in [1.54, 1.807) is 6.20 Å². The molecule has 2 aromatic carbocycles. The molecule has 1 aromatic heterocycles. The molecule has 0 amide bonds. The van der Waals surface area contributed by atoms with Gasteiger partial charge in [0.25, 0.3) is 0 Å². The van der Waals surface area contributed by atoms with E-state index in [9.17, 15) is 0 Å². The van der Waals surface area contributed by atoms with Gasteiger partial charge in [0.05, 0.1) is 12.7 Å². The van der Waals surface area contributed by atoms with E-state index in [4.69, 9.17) is 0 Å². The molecule has 0 fully saturated rings. The quantitative estimate of drug-likeness (QED) is 0.631. The third kappa shape index (κ3) is 1.58. The summed E-state index contributed by atoms with van der Waals surface area (Å²) in [7, 11) is 0. The Hall–Kier alpha value is -2.09. The number of hydrogen-bond donors (Lipinski definition) is 0. The molecule has 0 unspecified atom stereocenters. The van der Waals surface area contributed by atoms with Crippen molar-refractivity contribution in [2.24, 2.45) is 0 Å². The summed E-state index contributed by atoms with van der Waals surface area (Å²) in [6, 6.07) is 17.7. The van der Waals surface area contributed by atoms with Gasteiger partial charge in [0, 0.05) is 12.3 Å². The van der Waals surface area contributed by atoms with Crippen LogP contribution in [0, 0.1) is 6.07 Å². The average Bonchev–Trinajstić information content (AvgIpc) is 2.82. The number of fused-ring (bicyclic) bond motifs is 1. The zero-order valence-electron chi connectivity index (χ0n) is 8.80. The lowest BCUT2D eigenvalue weighted by Gasteiger charge is -2.06. The van der Waals surface area contributed by atoms with Gasteiger partial charge in [-0.1, -0.05) is 42.5 Å². The summed E-state index contributed by atoms with van der Waals surface area (Å²) in [4.78, 5) is 0. The number of nitrogens with zero attached hydrogens (tertiary/aromatic N) is 2. The molecular formula is C14H11N2. The predicted octanol–water partition coefficient (Wildman–Crippen LogP) is 2.88. The number of rotatable bonds is 2. The lowest BCUT2D eigenvalue weighted by molar-refractivity contribution is 0.690. The van der Waals surface area contributed by atoms with Gasteiger partial charge in [0.1, 0.15) is 0 Å². The Morgan fingerprint density at radius 1 is 1.06 bits per heavy atom. The van der Waals surface area contributed by atoms with E-state index in [1.807, 2.05) is 10.9 Å². The molecule has 0 saturated carbocycles. The zero-order valence-corrected chi connectivity index (χ0v) is 8.80. The Labute approximate surface area is 94.1 Å². The zero-order chi connectivity index (χ0) is 10.8. The van der Waals surface area contributed by atoms with E-state index in [0.717, 1.165) is 6.54 Å². The minimum absolute atomic E-state index is 0.796. The van der Waals surface area contributed by atoms with Crippen molar-refractivity contribution in [2.75, 3.05) is 0 Å². The van der Waals surface area contributed by atoms with Crippen molar-refractivity contribution in [1.29, 1.82) is 0 Å². The smallest absolute Gasteiger partial charge is 0.0665 e. The lowest BCUT2D eigenvalue weighted by Crippen LogP contribution is -2.00. The summed E-state index contributed by atoms with van der Waals surface area (Å²) >= 11 is 0. The second-order valence-corrected chi connectivity index (χ2v) is 3.78. The molecule has 1 heterocycles. The minimum Gasteiger partial charge on any atom is -0.268 e. The summed E-state index contributed by atoms with van der Waals surface area (Å²) in [5.41, 5.74) is 1.29. The molecule has 3 aromatic rings. The molecule has 0 bridgehead atoms. The second kappa shape index (κ2) is 3.81. The van der Waals surface area contributed by atoms with E-state index in [2.05, 4.69) is 53.6 Å². The molecule has 1 radical (unpaired) electrons. The van der Waals surface area contributed by atoms with Crippen molar-refractivity contribution in [1.82, 2.24) is 9.78 Å². The molecule has 0 spiro atoms. The van der Waals surface area contributed by atoms with Crippen LogP contribution in [-0.4, -0.2) is 9.78 Å². The van der Waals surface area contributed by atoms with Gasteiger partial charge >= 0.3 is 0 Å². The highest BCUT2D eigenvalue weighted by Crippen LogP contribution is 2.18. The first-order valence-corrected chi connectivity index (χ1v) is 5.28. The van der Waals surface area contributed by atoms with Crippen LogP contribution in [0.1, 0.15) is 5.56 Å². The van der Waals surface area contributed by atoms with Crippen molar-refractivity contribution >= 4 is 10.8 Å². The van der Waals surface area contributed by atoms with Crippen LogP contribution >= 0.6 is 0 Å². The normalized spacial score (nSPS) is 10.8. The molecule has 0 aliphatic carbocycles. The fourth-order valence-electron chi connectivity index (χ4n) is 1.95. The van der Waals surface area contributed by atoms with Crippen LogP contribution in [0.3, 0.4) is 0 Å². The second-order valence-electron chi connectivity index (χ2n) is 3.78. The molecule has 0 aliphatic rings. The molecule has 2 nitrogen and oxygen atoms in total. The van der Waals surface area contributed by atoms with Crippen molar-refractivity contribution in [3.05, 3.63) is 66.5 Å². The van der Waals surface area contributed by atoms with Gasteiger partial charge in [-0.15, -0.1) is 0 Å². The highest BCUT2D eigenvalue weighted by molar-refractivity contribution is 5.85. The molecule has 16 heavy (non-hydrogen) atoms. The maximum Gasteiger partial charge on any atom is 0.0665 e. The topological polar surface area (TPSA) is 17.8 Å². The molecule has 0 saturated heterocycles. The first kappa shape index (κ1) is 9.16. The largest absolute Gasteiger partial charge is 0.268 e. The van der Waals surface area contributed by atoms with Crippen LogP contribution in [-0.2, 0) is 6.54 Å². The fraction of sp³-hybridized carbons (Fsp3) is 0.0714. The van der Waals surface area contributed by atoms with E-state index in [-0.39, 0.29) is 0 Å². The predicted molar refractivity (Wildman–Crippen MR) is 64.1 cm³/mol. The standard InChI is InChI=1S/C14H11N2/c1-2-8-14-12(5-1)6-3-7-13(14)11-16-10-4-9-15-16/h1-3,5-10H,11H2. The Morgan fingerprint density at radius 3 is 2.81 bits per heavy atom. The third-order valence-electron chi connectivity index (χ3n) is 2.72. The third-order valence-corrected chi connectivity index (χ3v) is 2.72. The van der Waals surface area contributed by atoms with Crippen molar-refractivity contribution < 1.29 is 0 Å². The average molecular weight is 207 g/mol. The van der Waals surface area contributed by atoms with Gasteiger partial charge < -0.3 is 0 Å². The molecule has 0 N–H and O–H groups in total. The molecular weight excluding hydrogens is 196 g/mol. The number of benzene rings is 2. The van der Waals surface area contributed by atoms with Crippen molar-refractivity contribution in [3.8, 4) is 0 Å². The van der Waals surface area contributed by atoms with Gasteiger partial charge in [-0.25, -0.2) is 0 Å². The summed E-state index contributed by atoms with van der Waals surface area (Å²) < 4.78 is 1.89. The van der Waals surface area contributed by atoms with Gasteiger partial charge in [-0.3, -0.25) is 4.68 Å². The Balaban J connectivity index is 2.10. The van der Waals surface area contributed by atoms with Gasteiger partial charge in [-0.2, -0.15) is 5.10 Å². The fourth-order valence-corrected chi connectivity index (χ4v) is 1.95. The Morgan fingerprint density at radius 2 is 1.94 bits per heavy atom. The maximum absolute atomic E-state index is 4.18. The summed E-state index contributed by atoms with van der Waals surface area (Å²) in [5, 5.41) is 6.75. The SMILES string of the molecule is [c]1cnn(Cc2cccc3ccccc23)c1. The van der Waals surface area contributed by atoms with E-state index in [1.165, 1.54) is 16.3 Å². The lowest BCUT2D eigenvalue weighted by atomic mass is 10.0.